The van der Waals surface area contributed by atoms with Gasteiger partial charge in [-0.05, 0) is 26.0 Å². The molecule has 1 aromatic carbocycles. The Balaban J connectivity index is 2.66. The Hall–Kier alpha value is -2.14. The van der Waals surface area contributed by atoms with Gasteiger partial charge in [-0.1, -0.05) is 23.7 Å². The van der Waals surface area contributed by atoms with E-state index in [0.29, 0.717) is 22.0 Å². The van der Waals surface area contributed by atoms with Crippen LogP contribution in [0.15, 0.2) is 24.3 Å². The standard InChI is InChI=1S/C14H12ClFN2O2/c1-8-13(15)9(2)18(17-8)14-10(6-7-12(19)20)4-3-5-11(14)16/h3-7H,1-2H3,(H,19,20)/b7-6+. The summed E-state index contributed by atoms with van der Waals surface area (Å²) in [5.74, 6) is -1.61. The lowest BCUT2D eigenvalue weighted by molar-refractivity contribution is -0.131. The van der Waals surface area contributed by atoms with E-state index in [1.807, 2.05) is 0 Å². The van der Waals surface area contributed by atoms with Gasteiger partial charge in [0.25, 0.3) is 0 Å². The van der Waals surface area contributed by atoms with Crippen LogP contribution < -0.4 is 0 Å². The third kappa shape index (κ3) is 2.58. The number of aromatic nitrogens is 2. The van der Waals surface area contributed by atoms with Crippen molar-refractivity contribution in [3.63, 3.8) is 0 Å². The summed E-state index contributed by atoms with van der Waals surface area (Å²) in [5.41, 5.74) is 1.77. The van der Waals surface area contributed by atoms with Crippen LogP contribution >= 0.6 is 11.6 Å². The van der Waals surface area contributed by atoms with Gasteiger partial charge in [0.2, 0.25) is 0 Å². The average Bonchev–Trinajstić information content (AvgIpc) is 2.64. The van der Waals surface area contributed by atoms with Crippen LogP contribution in [0.3, 0.4) is 0 Å². The quantitative estimate of drug-likeness (QED) is 0.883. The second-order valence-electron chi connectivity index (χ2n) is 4.25. The van der Waals surface area contributed by atoms with Crippen molar-refractivity contribution in [2.75, 3.05) is 0 Å². The normalized spacial score (nSPS) is 11.2. The molecule has 0 spiro atoms. The highest BCUT2D eigenvalue weighted by molar-refractivity contribution is 6.31. The van der Waals surface area contributed by atoms with E-state index in [1.54, 1.807) is 19.9 Å². The van der Waals surface area contributed by atoms with E-state index in [1.165, 1.54) is 22.9 Å². The number of hydrogen-bond acceptors (Lipinski definition) is 2. The first-order valence-electron chi connectivity index (χ1n) is 5.83. The van der Waals surface area contributed by atoms with E-state index in [9.17, 15) is 9.18 Å². The van der Waals surface area contributed by atoms with Crippen molar-refractivity contribution < 1.29 is 14.3 Å². The molecule has 0 aliphatic carbocycles. The van der Waals surface area contributed by atoms with E-state index in [-0.39, 0.29) is 5.69 Å². The number of carboxylic acids is 1. The molecule has 0 saturated heterocycles. The first-order valence-corrected chi connectivity index (χ1v) is 6.21. The molecule has 0 aliphatic rings. The number of aryl methyl sites for hydroxylation is 1. The van der Waals surface area contributed by atoms with E-state index < -0.39 is 11.8 Å². The largest absolute Gasteiger partial charge is 0.478 e. The highest BCUT2D eigenvalue weighted by atomic mass is 35.5. The van der Waals surface area contributed by atoms with Gasteiger partial charge >= 0.3 is 5.97 Å². The zero-order chi connectivity index (χ0) is 14.9. The van der Waals surface area contributed by atoms with Gasteiger partial charge in [0, 0.05) is 11.6 Å². The molecular formula is C14H12ClFN2O2. The summed E-state index contributed by atoms with van der Waals surface area (Å²) in [5, 5.41) is 13.3. The monoisotopic (exact) mass is 294 g/mol. The van der Waals surface area contributed by atoms with Crippen molar-refractivity contribution in [3.8, 4) is 5.69 Å². The Kier molecular flexibility index (Phi) is 3.90. The van der Waals surface area contributed by atoms with Crippen molar-refractivity contribution >= 4 is 23.6 Å². The Morgan fingerprint density at radius 3 is 2.70 bits per heavy atom. The molecule has 104 valence electrons. The molecule has 0 atom stereocenters. The Labute approximate surface area is 120 Å². The van der Waals surface area contributed by atoms with Crippen LogP contribution in [-0.2, 0) is 4.79 Å². The van der Waals surface area contributed by atoms with Gasteiger partial charge in [-0.25, -0.2) is 13.9 Å². The van der Waals surface area contributed by atoms with E-state index >= 15 is 0 Å². The third-order valence-corrected chi connectivity index (χ3v) is 3.39. The zero-order valence-corrected chi connectivity index (χ0v) is 11.6. The molecule has 0 radical (unpaired) electrons. The SMILES string of the molecule is Cc1nn(-c2c(F)cccc2/C=C/C(=O)O)c(C)c1Cl. The van der Waals surface area contributed by atoms with E-state index in [0.717, 1.165) is 6.08 Å². The third-order valence-electron chi connectivity index (χ3n) is 2.84. The second-order valence-corrected chi connectivity index (χ2v) is 4.62. The maximum atomic E-state index is 14.1. The van der Waals surface area contributed by atoms with Crippen LogP contribution in [0, 0.1) is 19.7 Å². The molecule has 2 aromatic rings. The Bertz CT molecular complexity index is 707. The Morgan fingerprint density at radius 2 is 2.15 bits per heavy atom. The maximum absolute atomic E-state index is 14.1. The summed E-state index contributed by atoms with van der Waals surface area (Å²) in [6.45, 7) is 3.44. The average molecular weight is 295 g/mol. The molecule has 1 heterocycles. The minimum atomic E-state index is -1.10. The van der Waals surface area contributed by atoms with Gasteiger partial charge in [-0.3, -0.25) is 0 Å². The van der Waals surface area contributed by atoms with Crippen molar-refractivity contribution in [1.29, 1.82) is 0 Å². The lowest BCUT2D eigenvalue weighted by atomic mass is 10.1. The fourth-order valence-corrected chi connectivity index (χ4v) is 2.01. The first kappa shape index (κ1) is 14.3. The number of aliphatic carboxylic acids is 1. The van der Waals surface area contributed by atoms with Crippen LogP contribution in [0.5, 0.6) is 0 Å². The van der Waals surface area contributed by atoms with Gasteiger partial charge in [0.1, 0.15) is 11.5 Å². The summed E-state index contributed by atoms with van der Waals surface area (Å²) in [4.78, 5) is 10.6. The molecule has 1 aromatic heterocycles. The predicted molar refractivity (Wildman–Crippen MR) is 74.7 cm³/mol. The minimum absolute atomic E-state index is 0.178. The first-order chi connectivity index (χ1) is 9.41. The zero-order valence-electron chi connectivity index (χ0n) is 10.9. The van der Waals surface area contributed by atoms with E-state index in [2.05, 4.69) is 5.10 Å². The second kappa shape index (κ2) is 5.46. The summed E-state index contributed by atoms with van der Waals surface area (Å²) >= 11 is 6.06. The maximum Gasteiger partial charge on any atom is 0.328 e. The summed E-state index contributed by atoms with van der Waals surface area (Å²) in [7, 11) is 0. The van der Waals surface area contributed by atoms with Crippen molar-refractivity contribution in [2.24, 2.45) is 0 Å². The number of carboxylic acid groups (broad SMARTS) is 1. The molecule has 2 rings (SSSR count). The molecule has 4 nitrogen and oxygen atoms in total. The molecule has 1 N–H and O–H groups in total. The van der Waals surface area contributed by atoms with Crippen molar-refractivity contribution in [2.45, 2.75) is 13.8 Å². The van der Waals surface area contributed by atoms with Crippen LogP contribution in [0.4, 0.5) is 4.39 Å². The van der Waals surface area contributed by atoms with Crippen LogP contribution in [-0.4, -0.2) is 20.9 Å². The number of halogens is 2. The number of carbonyl (C=O) groups is 1. The molecule has 20 heavy (non-hydrogen) atoms. The molecule has 0 saturated carbocycles. The lowest BCUT2D eigenvalue weighted by Crippen LogP contribution is -2.05. The fraction of sp³-hybridized carbons (Fsp3) is 0.143. The smallest absolute Gasteiger partial charge is 0.328 e. The predicted octanol–water partition coefficient (Wildman–Crippen LogP) is 3.38. The topological polar surface area (TPSA) is 55.1 Å². The highest BCUT2D eigenvalue weighted by Gasteiger charge is 2.16. The van der Waals surface area contributed by atoms with Crippen molar-refractivity contribution in [3.05, 3.63) is 52.1 Å². The van der Waals surface area contributed by atoms with Gasteiger partial charge in [-0.2, -0.15) is 5.10 Å². The number of nitrogens with zero attached hydrogens (tertiary/aromatic N) is 2. The molecule has 0 bridgehead atoms. The van der Waals surface area contributed by atoms with Gasteiger partial charge < -0.3 is 5.11 Å². The molecule has 0 fully saturated rings. The number of hydrogen-bond donors (Lipinski definition) is 1. The van der Waals surface area contributed by atoms with Crippen molar-refractivity contribution in [1.82, 2.24) is 9.78 Å². The van der Waals surface area contributed by atoms with Gasteiger partial charge in [0.15, 0.2) is 0 Å². The van der Waals surface area contributed by atoms with Gasteiger partial charge in [-0.15, -0.1) is 0 Å². The molecule has 6 heteroatoms. The summed E-state index contributed by atoms with van der Waals surface area (Å²) < 4.78 is 15.5. The minimum Gasteiger partial charge on any atom is -0.478 e. The van der Waals surface area contributed by atoms with Crippen LogP contribution in [0.2, 0.25) is 5.02 Å². The Morgan fingerprint density at radius 1 is 1.45 bits per heavy atom. The number of para-hydroxylation sites is 1. The van der Waals surface area contributed by atoms with Crippen LogP contribution in [0.1, 0.15) is 17.0 Å². The number of benzene rings is 1. The highest BCUT2D eigenvalue weighted by Crippen LogP contribution is 2.26. The number of rotatable bonds is 3. The van der Waals surface area contributed by atoms with Crippen LogP contribution in [0.25, 0.3) is 11.8 Å². The lowest BCUT2D eigenvalue weighted by Gasteiger charge is -2.09. The molecule has 0 amide bonds. The molecular weight excluding hydrogens is 283 g/mol. The van der Waals surface area contributed by atoms with E-state index in [4.69, 9.17) is 16.7 Å². The van der Waals surface area contributed by atoms with Gasteiger partial charge in [0.05, 0.1) is 16.4 Å². The molecule has 0 aliphatic heterocycles. The summed E-state index contributed by atoms with van der Waals surface area (Å²) in [6.07, 6.45) is 2.27. The molecule has 0 unspecified atom stereocenters. The summed E-state index contributed by atoms with van der Waals surface area (Å²) in [6, 6.07) is 4.41. The fourth-order valence-electron chi connectivity index (χ4n) is 1.89.